The Bertz CT molecular complexity index is 323. The molecule has 0 amide bonds. The predicted octanol–water partition coefficient (Wildman–Crippen LogP) is 2.85. The van der Waals surface area contributed by atoms with Crippen LogP contribution in [0.5, 0.6) is 0 Å². The predicted molar refractivity (Wildman–Crippen MR) is 70.7 cm³/mol. The van der Waals surface area contributed by atoms with Gasteiger partial charge in [-0.3, -0.25) is 0 Å². The Morgan fingerprint density at radius 2 is 1.32 bits per heavy atom. The standard InChI is InChI=1S/C15H26O4/c1-9-10(2)17-13(16-9)6-14(5)7-15(8-14)18-11(3)12(4)19-15/h9-13H,6-8H2,1-5H3/t9-,10-,11-,12-/m1/s1. The van der Waals surface area contributed by atoms with Crippen molar-refractivity contribution in [2.75, 3.05) is 0 Å². The molecule has 0 aromatic carbocycles. The first kappa shape index (κ1) is 13.8. The average molecular weight is 270 g/mol. The third kappa shape index (κ3) is 2.44. The number of rotatable bonds is 2. The Kier molecular flexibility index (Phi) is 3.21. The summed E-state index contributed by atoms with van der Waals surface area (Å²) in [5, 5.41) is 0. The smallest absolute Gasteiger partial charge is 0.170 e. The van der Waals surface area contributed by atoms with Crippen LogP contribution in [0.1, 0.15) is 53.9 Å². The second-order valence-corrected chi connectivity index (χ2v) is 7.04. The molecule has 1 spiro atoms. The van der Waals surface area contributed by atoms with Gasteiger partial charge >= 0.3 is 0 Å². The molecule has 0 unspecified atom stereocenters. The molecule has 1 saturated carbocycles. The summed E-state index contributed by atoms with van der Waals surface area (Å²) in [7, 11) is 0. The molecule has 0 N–H and O–H groups in total. The van der Waals surface area contributed by atoms with Crippen LogP contribution in [0.15, 0.2) is 0 Å². The molecular weight excluding hydrogens is 244 g/mol. The summed E-state index contributed by atoms with van der Waals surface area (Å²) in [4.78, 5) is 0. The van der Waals surface area contributed by atoms with Crippen LogP contribution in [-0.4, -0.2) is 36.5 Å². The van der Waals surface area contributed by atoms with Crippen LogP contribution in [-0.2, 0) is 18.9 Å². The number of hydrogen-bond acceptors (Lipinski definition) is 4. The van der Waals surface area contributed by atoms with E-state index in [0.717, 1.165) is 19.3 Å². The van der Waals surface area contributed by atoms with Gasteiger partial charge in [0.15, 0.2) is 12.1 Å². The molecule has 4 heteroatoms. The third-order valence-electron chi connectivity index (χ3n) is 4.91. The van der Waals surface area contributed by atoms with Crippen molar-refractivity contribution in [2.24, 2.45) is 5.41 Å². The Morgan fingerprint density at radius 1 is 0.842 bits per heavy atom. The monoisotopic (exact) mass is 270 g/mol. The second kappa shape index (κ2) is 4.42. The number of ether oxygens (including phenoxy) is 4. The molecule has 3 fully saturated rings. The van der Waals surface area contributed by atoms with E-state index in [1.54, 1.807) is 0 Å². The van der Waals surface area contributed by atoms with E-state index < -0.39 is 0 Å². The average Bonchev–Trinajstić information content (AvgIpc) is 2.68. The summed E-state index contributed by atoms with van der Waals surface area (Å²) in [5.41, 5.74) is 0.207. The maximum atomic E-state index is 6.00. The van der Waals surface area contributed by atoms with Gasteiger partial charge in [0.05, 0.1) is 24.4 Å². The third-order valence-corrected chi connectivity index (χ3v) is 4.91. The normalized spacial score (nSPS) is 44.7. The van der Waals surface area contributed by atoms with Gasteiger partial charge in [0.2, 0.25) is 0 Å². The lowest BCUT2D eigenvalue weighted by Gasteiger charge is -2.51. The minimum Gasteiger partial charge on any atom is -0.347 e. The van der Waals surface area contributed by atoms with Gasteiger partial charge in [0.25, 0.3) is 0 Å². The van der Waals surface area contributed by atoms with Crippen molar-refractivity contribution in [1.82, 2.24) is 0 Å². The zero-order chi connectivity index (χ0) is 13.8. The van der Waals surface area contributed by atoms with Crippen LogP contribution >= 0.6 is 0 Å². The zero-order valence-electron chi connectivity index (χ0n) is 12.6. The van der Waals surface area contributed by atoms with E-state index in [9.17, 15) is 0 Å². The van der Waals surface area contributed by atoms with Gasteiger partial charge in [-0.2, -0.15) is 0 Å². The second-order valence-electron chi connectivity index (χ2n) is 7.04. The molecule has 2 saturated heterocycles. The molecule has 4 atom stereocenters. The van der Waals surface area contributed by atoms with Gasteiger partial charge < -0.3 is 18.9 Å². The molecule has 110 valence electrons. The Hall–Kier alpha value is -0.160. The van der Waals surface area contributed by atoms with E-state index >= 15 is 0 Å². The molecule has 19 heavy (non-hydrogen) atoms. The fraction of sp³-hybridized carbons (Fsp3) is 1.00. The summed E-state index contributed by atoms with van der Waals surface area (Å²) >= 11 is 0. The summed E-state index contributed by atoms with van der Waals surface area (Å²) in [5.74, 6) is -0.330. The first-order valence-corrected chi connectivity index (χ1v) is 7.47. The molecule has 4 nitrogen and oxygen atoms in total. The van der Waals surface area contributed by atoms with Crippen LogP contribution in [0.4, 0.5) is 0 Å². The molecule has 0 aromatic rings. The van der Waals surface area contributed by atoms with Crippen LogP contribution in [0, 0.1) is 5.41 Å². The van der Waals surface area contributed by atoms with Crippen molar-refractivity contribution in [3.05, 3.63) is 0 Å². The molecule has 0 radical (unpaired) electrons. The van der Waals surface area contributed by atoms with Gasteiger partial charge in [-0.05, 0) is 33.1 Å². The molecule has 1 aliphatic carbocycles. The van der Waals surface area contributed by atoms with Gasteiger partial charge in [0.1, 0.15) is 0 Å². The van der Waals surface area contributed by atoms with E-state index in [0.29, 0.717) is 0 Å². The highest BCUT2D eigenvalue weighted by molar-refractivity contribution is 5.02. The van der Waals surface area contributed by atoms with E-state index in [2.05, 4.69) is 34.6 Å². The summed E-state index contributed by atoms with van der Waals surface area (Å²) in [6.07, 6.45) is 3.54. The fourth-order valence-corrected chi connectivity index (χ4v) is 3.69. The fourth-order valence-electron chi connectivity index (χ4n) is 3.69. The Balaban J connectivity index is 1.54. The van der Waals surface area contributed by atoms with Gasteiger partial charge in [-0.1, -0.05) is 6.92 Å². The SMILES string of the molecule is C[C@H]1OC(CC2(C)CC3(C2)O[C@H](C)[C@@H](C)O3)O[C@@H]1C. The highest BCUT2D eigenvalue weighted by Gasteiger charge is 2.59. The summed E-state index contributed by atoms with van der Waals surface area (Å²) in [6.45, 7) is 10.6. The molecule has 3 rings (SSSR count). The Morgan fingerprint density at radius 3 is 1.79 bits per heavy atom. The first-order chi connectivity index (χ1) is 8.81. The van der Waals surface area contributed by atoms with Crippen molar-refractivity contribution < 1.29 is 18.9 Å². The molecule has 0 bridgehead atoms. The lowest BCUT2D eigenvalue weighted by atomic mass is 9.63. The lowest BCUT2D eigenvalue weighted by molar-refractivity contribution is -0.279. The van der Waals surface area contributed by atoms with Crippen molar-refractivity contribution in [1.29, 1.82) is 0 Å². The van der Waals surface area contributed by atoms with E-state index in [4.69, 9.17) is 18.9 Å². The van der Waals surface area contributed by atoms with Gasteiger partial charge in [-0.25, -0.2) is 0 Å². The number of hydrogen-bond donors (Lipinski definition) is 0. The van der Waals surface area contributed by atoms with Crippen molar-refractivity contribution in [3.63, 3.8) is 0 Å². The Labute approximate surface area is 115 Å². The van der Waals surface area contributed by atoms with E-state index in [1.165, 1.54) is 0 Å². The zero-order valence-corrected chi connectivity index (χ0v) is 12.6. The lowest BCUT2D eigenvalue weighted by Crippen LogP contribution is -2.53. The minimum absolute atomic E-state index is 0.0661. The summed E-state index contributed by atoms with van der Waals surface area (Å²) in [6, 6.07) is 0. The van der Waals surface area contributed by atoms with Crippen LogP contribution < -0.4 is 0 Å². The maximum Gasteiger partial charge on any atom is 0.170 e. The van der Waals surface area contributed by atoms with E-state index in [1.807, 2.05) is 0 Å². The summed E-state index contributed by atoms with van der Waals surface area (Å²) < 4.78 is 23.7. The van der Waals surface area contributed by atoms with Crippen molar-refractivity contribution in [2.45, 2.75) is 90.4 Å². The van der Waals surface area contributed by atoms with Gasteiger partial charge in [-0.15, -0.1) is 0 Å². The molecular formula is C15H26O4. The topological polar surface area (TPSA) is 36.9 Å². The van der Waals surface area contributed by atoms with Crippen LogP contribution in [0.25, 0.3) is 0 Å². The first-order valence-electron chi connectivity index (χ1n) is 7.47. The van der Waals surface area contributed by atoms with Crippen molar-refractivity contribution in [3.8, 4) is 0 Å². The highest BCUT2D eigenvalue weighted by atomic mass is 16.8. The largest absolute Gasteiger partial charge is 0.347 e. The van der Waals surface area contributed by atoms with E-state index in [-0.39, 0.29) is 41.9 Å². The van der Waals surface area contributed by atoms with Crippen LogP contribution in [0.3, 0.4) is 0 Å². The highest BCUT2D eigenvalue weighted by Crippen LogP contribution is 2.57. The van der Waals surface area contributed by atoms with Crippen LogP contribution in [0.2, 0.25) is 0 Å². The minimum atomic E-state index is -0.330. The molecule has 3 aliphatic rings. The molecule has 2 aliphatic heterocycles. The quantitative estimate of drug-likeness (QED) is 0.773. The maximum absolute atomic E-state index is 6.00. The molecule has 0 aromatic heterocycles. The van der Waals surface area contributed by atoms with Crippen molar-refractivity contribution >= 4 is 0 Å². The van der Waals surface area contributed by atoms with Gasteiger partial charge in [0, 0.05) is 19.3 Å². The molecule has 2 heterocycles.